The van der Waals surface area contributed by atoms with E-state index in [4.69, 9.17) is 16.6 Å². The molecule has 2 rings (SSSR count). The first kappa shape index (κ1) is 17.9. The molecule has 24 heavy (non-hydrogen) atoms. The lowest BCUT2D eigenvalue weighted by atomic mass is 9.89. The zero-order chi connectivity index (χ0) is 17.4. The van der Waals surface area contributed by atoms with Crippen molar-refractivity contribution in [1.29, 1.82) is 0 Å². The molecule has 0 aromatic carbocycles. The van der Waals surface area contributed by atoms with Gasteiger partial charge >= 0.3 is 0 Å². The number of hydrogen-bond acceptors (Lipinski definition) is 5. The molecule has 0 bridgehead atoms. The van der Waals surface area contributed by atoms with Crippen molar-refractivity contribution in [2.75, 3.05) is 6.54 Å². The Morgan fingerprint density at radius 2 is 1.92 bits per heavy atom. The van der Waals surface area contributed by atoms with Crippen LogP contribution in [0.1, 0.15) is 42.7 Å². The highest BCUT2D eigenvalue weighted by Gasteiger charge is 2.21. The fourth-order valence-corrected chi connectivity index (χ4v) is 2.59. The highest BCUT2D eigenvalue weighted by molar-refractivity contribution is 7.80. The number of hydrogen-bond donors (Lipinski definition) is 4. The van der Waals surface area contributed by atoms with E-state index in [-0.39, 0.29) is 29.2 Å². The van der Waals surface area contributed by atoms with Gasteiger partial charge < -0.3 is 9.73 Å². The van der Waals surface area contributed by atoms with Crippen molar-refractivity contribution in [3.05, 3.63) is 24.2 Å². The van der Waals surface area contributed by atoms with E-state index < -0.39 is 11.8 Å². The van der Waals surface area contributed by atoms with Crippen LogP contribution in [0, 0.1) is 5.92 Å². The smallest absolute Gasteiger partial charge is 0.293 e. The summed E-state index contributed by atoms with van der Waals surface area (Å²) in [5.74, 6) is -0.997. The lowest BCUT2D eigenvalue weighted by molar-refractivity contribution is -0.129. The number of amides is 3. The molecule has 0 aliphatic heterocycles. The molecule has 1 aromatic rings. The molecule has 1 saturated carbocycles. The third kappa shape index (κ3) is 5.65. The number of nitrogens with one attached hydrogen (secondary N) is 4. The summed E-state index contributed by atoms with van der Waals surface area (Å²) in [7, 11) is 0. The minimum Gasteiger partial charge on any atom is -0.459 e. The summed E-state index contributed by atoms with van der Waals surface area (Å²) in [5.41, 5.74) is 4.69. The van der Waals surface area contributed by atoms with Crippen LogP contribution in [0.15, 0.2) is 22.8 Å². The van der Waals surface area contributed by atoms with E-state index in [0.717, 1.165) is 32.1 Å². The fraction of sp³-hybridized carbons (Fsp3) is 0.467. The molecular weight excluding hydrogens is 332 g/mol. The minimum atomic E-state index is -0.530. The van der Waals surface area contributed by atoms with E-state index in [1.165, 1.54) is 12.3 Å². The number of furan rings is 1. The van der Waals surface area contributed by atoms with Crippen LogP contribution in [0.3, 0.4) is 0 Å². The van der Waals surface area contributed by atoms with Gasteiger partial charge in [-0.3, -0.25) is 30.6 Å². The van der Waals surface area contributed by atoms with Gasteiger partial charge in [0.15, 0.2) is 10.9 Å². The van der Waals surface area contributed by atoms with Crippen LogP contribution in [0.4, 0.5) is 0 Å². The fourth-order valence-electron chi connectivity index (χ4n) is 2.45. The normalized spacial score (nSPS) is 14.5. The third-order valence-electron chi connectivity index (χ3n) is 3.69. The molecule has 1 aromatic heterocycles. The lowest BCUT2D eigenvalue weighted by Crippen LogP contribution is -2.51. The first-order valence-electron chi connectivity index (χ1n) is 7.77. The topological polar surface area (TPSA) is 112 Å². The number of carbonyl (C=O) groups excluding carboxylic acids is 3. The van der Waals surface area contributed by atoms with Gasteiger partial charge in [-0.25, -0.2) is 0 Å². The van der Waals surface area contributed by atoms with Gasteiger partial charge in [-0.1, -0.05) is 19.3 Å². The largest absolute Gasteiger partial charge is 0.459 e. The summed E-state index contributed by atoms with van der Waals surface area (Å²) in [6.45, 7) is -0.156. The Morgan fingerprint density at radius 1 is 1.17 bits per heavy atom. The molecule has 0 unspecified atom stereocenters. The predicted molar refractivity (Wildman–Crippen MR) is 89.6 cm³/mol. The number of hydrazine groups is 1. The standard InChI is InChI=1S/C15H20N4O4S/c20-12(9-16-13(21)10-5-2-1-3-6-10)18-19-15(24)17-14(22)11-7-4-8-23-11/h4,7-8,10H,1-3,5-6,9H2,(H,16,21)(H,18,20)(H2,17,19,22,24). The summed E-state index contributed by atoms with van der Waals surface area (Å²) in [6.07, 6.45) is 6.37. The number of carbonyl (C=O) groups is 3. The highest BCUT2D eigenvalue weighted by atomic mass is 32.1. The van der Waals surface area contributed by atoms with Crippen LogP contribution in [-0.2, 0) is 9.59 Å². The maximum absolute atomic E-state index is 11.9. The van der Waals surface area contributed by atoms with E-state index in [1.807, 2.05) is 0 Å². The molecule has 0 saturated heterocycles. The van der Waals surface area contributed by atoms with E-state index in [9.17, 15) is 14.4 Å². The van der Waals surface area contributed by atoms with Gasteiger partial charge in [0.25, 0.3) is 11.8 Å². The van der Waals surface area contributed by atoms with E-state index >= 15 is 0 Å². The average molecular weight is 352 g/mol. The zero-order valence-corrected chi connectivity index (χ0v) is 13.9. The van der Waals surface area contributed by atoms with E-state index in [2.05, 4.69) is 21.5 Å². The predicted octanol–water partition coefficient (Wildman–Crippen LogP) is 0.612. The first-order chi connectivity index (χ1) is 11.6. The second-order valence-electron chi connectivity index (χ2n) is 5.49. The number of thiocarbonyl (C=S) groups is 1. The van der Waals surface area contributed by atoms with Crippen molar-refractivity contribution in [3.63, 3.8) is 0 Å². The zero-order valence-electron chi connectivity index (χ0n) is 13.1. The summed E-state index contributed by atoms with van der Waals surface area (Å²) in [5, 5.41) is 4.86. The van der Waals surface area contributed by atoms with Gasteiger partial charge in [0.1, 0.15) is 0 Å². The van der Waals surface area contributed by atoms with Gasteiger partial charge in [0.05, 0.1) is 12.8 Å². The van der Waals surface area contributed by atoms with Gasteiger partial charge in [-0.2, -0.15) is 0 Å². The van der Waals surface area contributed by atoms with Crippen molar-refractivity contribution in [1.82, 2.24) is 21.5 Å². The van der Waals surface area contributed by atoms with Crippen molar-refractivity contribution in [2.24, 2.45) is 5.92 Å². The summed E-state index contributed by atoms with van der Waals surface area (Å²) in [6, 6.07) is 3.06. The summed E-state index contributed by atoms with van der Waals surface area (Å²) >= 11 is 4.87. The molecule has 130 valence electrons. The first-order valence-corrected chi connectivity index (χ1v) is 8.18. The quantitative estimate of drug-likeness (QED) is 0.467. The molecular formula is C15H20N4O4S. The maximum atomic E-state index is 11.9. The van der Waals surface area contributed by atoms with Crippen LogP contribution >= 0.6 is 12.2 Å². The van der Waals surface area contributed by atoms with Crippen LogP contribution in [0.2, 0.25) is 0 Å². The van der Waals surface area contributed by atoms with E-state index in [1.54, 1.807) is 6.07 Å². The van der Waals surface area contributed by atoms with Crippen LogP contribution in [0.5, 0.6) is 0 Å². The van der Waals surface area contributed by atoms with Crippen LogP contribution < -0.4 is 21.5 Å². The molecule has 3 amide bonds. The van der Waals surface area contributed by atoms with Crippen LogP contribution in [-0.4, -0.2) is 29.4 Å². The molecule has 1 aliphatic carbocycles. The second-order valence-corrected chi connectivity index (χ2v) is 5.89. The Morgan fingerprint density at radius 3 is 2.58 bits per heavy atom. The van der Waals surface area contributed by atoms with Gasteiger partial charge in [-0.15, -0.1) is 0 Å². The van der Waals surface area contributed by atoms with E-state index in [0.29, 0.717) is 0 Å². The van der Waals surface area contributed by atoms with Crippen molar-refractivity contribution in [3.8, 4) is 0 Å². The van der Waals surface area contributed by atoms with Gasteiger partial charge in [0, 0.05) is 5.92 Å². The third-order valence-corrected chi connectivity index (χ3v) is 3.89. The highest BCUT2D eigenvalue weighted by Crippen LogP contribution is 2.23. The Kier molecular flexibility index (Phi) is 6.74. The molecule has 1 aliphatic rings. The Hall–Kier alpha value is -2.42. The molecule has 0 spiro atoms. The molecule has 0 atom stereocenters. The lowest BCUT2D eigenvalue weighted by Gasteiger charge is -2.20. The van der Waals surface area contributed by atoms with Gasteiger partial charge in [-0.05, 0) is 37.2 Å². The average Bonchev–Trinajstić information content (AvgIpc) is 3.13. The van der Waals surface area contributed by atoms with Crippen molar-refractivity contribution >= 4 is 35.1 Å². The molecule has 1 fully saturated rings. The minimum absolute atomic E-state index is 0.00632. The SMILES string of the molecule is O=C(CNC(=O)C1CCCCC1)NNC(=S)NC(=O)c1ccco1. The monoisotopic (exact) mass is 352 g/mol. The van der Waals surface area contributed by atoms with Gasteiger partial charge in [0.2, 0.25) is 5.91 Å². The maximum Gasteiger partial charge on any atom is 0.293 e. The summed E-state index contributed by atoms with van der Waals surface area (Å²) < 4.78 is 4.91. The molecule has 8 nitrogen and oxygen atoms in total. The summed E-state index contributed by atoms with van der Waals surface area (Å²) in [4.78, 5) is 35.2. The molecule has 0 radical (unpaired) electrons. The molecule has 1 heterocycles. The molecule has 4 N–H and O–H groups in total. The Labute approximate surface area is 144 Å². The number of rotatable bonds is 4. The van der Waals surface area contributed by atoms with Crippen LogP contribution in [0.25, 0.3) is 0 Å². The Balaban J connectivity index is 1.62. The molecule has 9 heteroatoms. The Bertz CT molecular complexity index is 597. The van der Waals surface area contributed by atoms with Crippen molar-refractivity contribution < 1.29 is 18.8 Å². The van der Waals surface area contributed by atoms with Crippen molar-refractivity contribution in [2.45, 2.75) is 32.1 Å². The second kappa shape index (κ2) is 9.02.